The highest BCUT2D eigenvalue weighted by molar-refractivity contribution is 7.12. The van der Waals surface area contributed by atoms with Crippen LogP contribution in [0.1, 0.15) is 59.4 Å². The van der Waals surface area contributed by atoms with E-state index in [9.17, 15) is 9.90 Å². The number of hydrogen-bond donors (Lipinski definition) is 1. The molecule has 2 aromatic heterocycles. The van der Waals surface area contributed by atoms with Crippen LogP contribution in [0.15, 0.2) is 17.5 Å². The van der Waals surface area contributed by atoms with Gasteiger partial charge in [-0.3, -0.25) is 14.4 Å². The topological polar surface area (TPSA) is 58.4 Å². The van der Waals surface area contributed by atoms with Crippen molar-refractivity contribution in [1.82, 2.24) is 14.7 Å². The molecule has 6 heteroatoms. The fraction of sp³-hybridized carbons (Fsp3) is 0.529. The highest BCUT2D eigenvalue weighted by Gasteiger charge is 2.19. The quantitative estimate of drug-likeness (QED) is 0.855. The molecule has 23 heavy (non-hydrogen) atoms. The summed E-state index contributed by atoms with van der Waals surface area (Å²) in [5.41, 5.74) is 3.13. The minimum atomic E-state index is -0.474. The third-order valence-electron chi connectivity index (χ3n) is 4.25. The van der Waals surface area contributed by atoms with E-state index >= 15 is 0 Å². The molecular formula is C17H23N3O2S. The minimum Gasteiger partial charge on any atom is -0.387 e. The van der Waals surface area contributed by atoms with E-state index in [1.807, 2.05) is 23.7 Å². The Bertz CT molecular complexity index is 692. The molecule has 1 atom stereocenters. The van der Waals surface area contributed by atoms with Gasteiger partial charge in [-0.15, -0.1) is 11.3 Å². The molecule has 1 N–H and O–H groups in total. The number of aliphatic hydroxyl groups is 1. The molecule has 0 spiro atoms. The van der Waals surface area contributed by atoms with E-state index in [0.29, 0.717) is 6.42 Å². The Morgan fingerprint density at radius 1 is 1.43 bits per heavy atom. The lowest BCUT2D eigenvalue weighted by molar-refractivity contribution is 0.102. The Morgan fingerprint density at radius 2 is 2.26 bits per heavy atom. The largest absolute Gasteiger partial charge is 0.387 e. The van der Waals surface area contributed by atoms with Crippen LogP contribution < -0.4 is 0 Å². The van der Waals surface area contributed by atoms with Crippen molar-refractivity contribution in [3.8, 4) is 0 Å². The number of carbonyl (C=O) groups is 1. The molecule has 2 aromatic rings. The van der Waals surface area contributed by atoms with Gasteiger partial charge in [0.2, 0.25) is 0 Å². The Morgan fingerprint density at radius 3 is 2.96 bits per heavy atom. The number of ketones is 1. The zero-order valence-electron chi connectivity index (χ0n) is 13.7. The van der Waals surface area contributed by atoms with Gasteiger partial charge in [-0.1, -0.05) is 6.92 Å². The van der Waals surface area contributed by atoms with Crippen molar-refractivity contribution >= 4 is 17.1 Å². The van der Waals surface area contributed by atoms with E-state index in [0.717, 1.165) is 48.9 Å². The number of fused-ring (bicyclic) bond motifs is 1. The Balaban J connectivity index is 1.72. The second-order valence-electron chi connectivity index (χ2n) is 6.15. The molecule has 1 aliphatic rings. The number of carbonyl (C=O) groups excluding carboxylic acids is 1. The number of hydrogen-bond acceptors (Lipinski definition) is 5. The first-order chi connectivity index (χ1) is 11.1. The van der Waals surface area contributed by atoms with Gasteiger partial charge in [-0.05, 0) is 42.8 Å². The van der Waals surface area contributed by atoms with Gasteiger partial charge in [0.25, 0.3) is 0 Å². The minimum absolute atomic E-state index is 0.133. The summed E-state index contributed by atoms with van der Waals surface area (Å²) < 4.78 is 2.03. The molecule has 0 fully saturated rings. The molecule has 3 rings (SSSR count). The van der Waals surface area contributed by atoms with Gasteiger partial charge in [0.15, 0.2) is 5.78 Å². The lowest BCUT2D eigenvalue weighted by atomic mass is 10.2. The third-order valence-corrected chi connectivity index (χ3v) is 5.33. The molecule has 3 heterocycles. The van der Waals surface area contributed by atoms with Crippen molar-refractivity contribution in [2.24, 2.45) is 0 Å². The normalized spacial score (nSPS) is 16.8. The first kappa shape index (κ1) is 16.4. The summed E-state index contributed by atoms with van der Waals surface area (Å²) >= 11 is 1.52. The number of Topliss-reactive ketones (excluding diaryl/α,β-unsaturated/α-hetero) is 1. The third kappa shape index (κ3) is 3.71. The van der Waals surface area contributed by atoms with Gasteiger partial charge in [-0.25, -0.2) is 0 Å². The zero-order chi connectivity index (χ0) is 16.4. The molecular weight excluding hydrogens is 310 g/mol. The van der Waals surface area contributed by atoms with Crippen molar-refractivity contribution in [2.75, 3.05) is 6.54 Å². The Kier molecular flexibility index (Phi) is 4.94. The van der Waals surface area contributed by atoms with Gasteiger partial charge in [0.1, 0.15) is 0 Å². The van der Waals surface area contributed by atoms with Crippen molar-refractivity contribution in [3.05, 3.63) is 39.3 Å². The summed E-state index contributed by atoms with van der Waals surface area (Å²) in [4.78, 5) is 14.6. The second kappa shape index (κ2) is 6.95. The van der Waals surface area contributed by atoms with Crippen molar-refractivity contribution in [1.29, 1.82) is 0 Å². The molecule has 0 saturated heterocycles. The molecule has 0 bridgehead atoms. The summed E-state index contributed by atoms with van der Waals surface area (Å²) in [5.74, 6) is 0.133. The van der Waals surface area contributed by atoms with Crippen LogP contribution in [0.2, 0.25) is 0 Å². The summed E-state index contributed by atoms with van der Waals surface area (Å²) in [5, 5.41) is 16.6. The van der Waals surface area contributed by atoms with Gasteiger partial charge in [0.05, 0.1) is 22.4 Å². The van der Waals surface area contributed by atoms with E-state index < -0.39 is 6.10 Å². The van der Waals surface area contributed by atoms with E-state index in [2.05, 4.69) is 15.4 Å². The molecule has 0 amide bonds. The van der Waals surface area contributed by atoms with Crippen LogP contribution in [0.5, 0.6) is 0 Å². The summed E-state index contributed by atoms with van der Waals surface area (Å²) in [6.45, 7) is 7.16. The lowest BCUT2D eigenvalue weighted by Gasteiger charge is -2.18. The standard InChI is InChI=1S/C17H23N3O2S/c1-3-16(22)15-8-14-10-19(5-4-6-20(14)18-15)9-13-7-17(12(2)21)23-11-13/h7-8,11,16,22H,3-6,9-10H2,1-2H3/t16-/m1/s1. The Labute approximate surface area is 140 Å². The van der Waals surface area contributed by atoms with Gasteiger partial charge in [0, 0.05) is 26.2 Å². The lowest BCUT2D eigenvalue weighted by Crippen LogP contribution is -2.22. The number of thiophene rings is 1. The first-order valence-electron chi connectivity index (χ1n) is 8.12. The van der Waals surface area contributed by atoms with Crippen LogP contribution in [0.3, 0.4) is 0 Å². The maximum atomic E-state index is 11.4. The predicted octanol–water partition coefficient (Wildman–Crippen LogP) is 3.00. The van der Waals surface area contributed by atoms with Gasteiger partial charge in [-0.2, -0.15) is 5.10 Å². The van der Waals surface area contributed by atoms with E-state index in [4.69, 9.17) is 0 Å². The number of rotatable bonds is 5. The van der Waals surface area contributed by atoms with Crippen LogP contribution in [-0.4, -0.2) is 32.1 Å². The molecule has 0 aliphatic carbocycles. The van der Waals surface area contributed by atoms with Gasteiger partial charge < -0.3 is 5.11 Å². The van der Waals surface area contributed by atoms with E-state index in [1.54, 1.807) is 6.92 Å². The fourth-order valence-corrected chi connectivity index (χ4v) is 3.77. The molecule has 124 valence electrons. The van der Waals surface area contributed by atoms with Crippen LogP contribution in [0.25, 0.3) is 0 Å². The van der Waals surface area contributed by atoms with Crippen molar-refractivity contribution in [2.45, 2.75) is 52.4 Å². The number of aromatic nitrogens is 2. The summed E-state index contributed by atoms with van der Waals surface area (Å²) in [6.07, 6.45) is 1.25. The monoisotopic (exact) mass is 333 g/mol. The molecule has 0 saturated carbocycles. The van der Waals surface area contributed by atoms with Crippen LogP contribution in [0.4, 0.5) is 0 Å². The summed E-state index contributed by atoms with van der Waals surface area (Å²) in [7, 11) is 0. The molecule has 5 nitrogen and oxygen atoms in total. The first-order valence-corrected chi connectivity index (χ1v) is 9.00. The maximum absolute atomic E-state index is 11.4. The van der Waals surface area contributed by atoms with E-state index in [1.165, 1.54) is 16.9 Å². The number of nitrogens with zero attached hydrogens (tertiary/aromatic N) is 3. The van der Waals surface area contributed by atoms with Crippen molar-refractivity contribution < 1.29 is 9.90 Å². The smallest absolute Gasteiger partial charge is 0.169 e. The van der Waals surface area contributed by atoms with Crippen LogP contribution >= 0.6 is 11.3 Å². The van der Waals surface area contributed by atoms with E-state index in [-0.39, 0.29) is 5.78 Å². The molecule has 0 unspecified atom stereocenters. The molecule has 1 aliphatic heterocycles. The molecule has 0 radical (unpaired) electrons. The van der Waals surface area contributed by atoms with Crippen molar-refractivity contribution in [3.63, 3.8) is 0 Å². The second-order valence-corrected chi connectivity index (χ2v) is 7.06. The van der Waals surface area contributed by atoms with Gasteiger partial charge >= 0.3 is 0 Å². The highest BCUT2D eigenvalue weighted by atomic mass is 32.1. The average molecular weight is 333 g/mol. The zero-order valence-corrected chi connectivity index (χ0v) is 14.5. The highest BCUT2D eigenvalue weighted by Crippen LogP contribution is 2.22. The van der Waals surface area contributed by atoms with Crippen LogP contribution in [0, 0.1) is 0 Å². The maximum Gasteiger partial charge on any atom is 0.169 e. The number of aliphatic hydroxyl groups excluding tert-OH is 1. The fourth-order valence-electron chi connectivity index (χ4n) is 2.96. The summed E-state index contributed by atoms with van der Waals surface area (Å²) in [6, 6.07) is 4.03. The Hall–Kier alpha value is -1.50. The SMILES string of the molecule is CC[C@@H](O)c1cc2n(n1)CCCN(Cc1csc(C(C)=O)c1)C2. The predicted molar refractivity (Wildman–Crippen MR) is 90.5 cm³/mol. The molecule has 0 aromatic carbocycles. The van der Waals surface area contributed by atoms with Crippen LogP contribution in [-0.2, 0) is 19.6 Å². The number of aryl methyl sites for hydroxylation is 1. The average Bonchev–Trinajstić information content (AvgIpc) is 3.10.